The molecular weight excluding hydrogens is 211 g/mol. The van der Waals surface area contributed by atoms with Gasteiger partial charge in [0, 0.05) is 6.42 Å². The Morgan fingerprint density at radius 1 is 1.12 bits per heavy atom. The molecule has 0 spiro atoms. The van der Waals surface area contributed by atoms with Gasteiger partial charge in [0.25, 0.3) is 0 Å². The van der Waals surface area contributed by atoms with Crippen molar-refractivity contribution in [3.8, 4) is 0 Å². The van der Waals surface area contributed by atoms with Gasteiger partial charge in [-0.15, -0.1) is 0 Å². The topological polar surface area (TPSA) is 0 Å². The van der Waals surface area contributed by atoms with E-state index in [2.05, 4.69) is 6.07 Å². The molecule has 0 radical (unpaired) electrons. The summed E-state index contributed by atoms with van der Waals surface area (Å²) in [4.78, 5) is 0. The lowest BCUT2D eigenvalue weighted by Crippen LogP contribution is -1.86. The first-order chi connectivity index (χ1) is 8.15. The lowest BCUT2D eigenvalue weighted by Gasteiger charge is -2.03. The lowest BCUT2D eigenvalue weighted by atomic mass is 10.0. The van der Waals surface area contributed by atoms with Crippen molar-refractivity contribution in [2.24, 2.45) is 5.92 Å². The fourth-order valence-corrected chi connectivity index (χ4v) is 1.93. The Morgan fingerprint density at radius 2 is 1.82 bits per heavy atom. The maximum atomic E-state index is 13.6. The summed E-state index contributed by atoms with van der Waals surface area (Å²) >= 11 is 0. The molecule has 0 nitrogen and oxygen atoms in total. The van der Waals surface area contributed by atoms with E-state index in [0.29, 0.717) is 12.3 Å². The minimum Gasteiger partial charge on any atom is -0.212 e. The highest BCUT2D eigenvalue weighted by molar-refractivity contribution is 5.84. The highest BCUT2D eigenvalue weighted by Crippen LogP contribution is 2.20. The van der Waals surface area contributed by atoms with Crippen LogP contribution in [0, 0.1) is 5.92 Å². The third kappa shape index (κ3) is 3.16. The molecule has 2 aromatic rings. The van der Waals surface area contributed by atoms with Crippen molar-refractivity contribution >= 4 is 16.8 Å². The summed E-state index contributed by atoms with van der Waals surface area (Å²) in [5.41, 5.74) is 0.932. The SMILES string of the molecule is CC(C)CC(F)=Cc1ccc2ccccc2c1. The van der Waals surface area contributed by atoms with Crippen LogP contribution >= 0.6 is 0 Å². The summed E-state index contributed by atoms with van der Waals surface area (Å²) in [5, 5.41) is 2.34. The number of benzene rings is 2. The highest BCUT2D eigenvalue weighted by atomic mass is 19.1. The first kappa shape index (κ1) is 11.8. The predicted octanol–water partition coefficient (Wildman–Crippen LogP) is 5.20. The maximum Gasteiger partial charge on any atom is 0.101 e. The van der Waals surface area contributed by atoms with Gasteiger partial charge >= 0.3 is 0 Å². The van der Waals surface area contributed by atoms with E-state index in [-0.39, 0.29) is 5.83 Å². The van der Waals surface area contributed by atoms with Gasteiger partial charge in [-0.2, -0.15) is 0 Å². The summed E-state index contributed by atoms with van der Waals surface area (Å²) in [6.45, 7) is 4.04. The molecule has 1 heteroatoms. The zero-order chi connectivity index (χ0) is 12.3. The second-order valence-corrected chi connectivity index (χ2v) is 4.80. The van der Waals surface area contributed by atoms with Crippen LogP contribution in [0.1, 0.15) is 25.8 Å². The van der Waals surface area contributed by atoms with Crippen LogP contribution in [0.5, 0.6) is 0 Å². The number of halogens is 1. The van der Waals surface area contributed by atoms with Crippen LogP contribution in [0.3, 0.4) is 0 Å². The highest BCUT2D eigenvalue weighted by Gasteiger charge is 2.00. The Kier molecular flexibility index (Phi) is 3.58. The van der Waals surface area contributed by atoms with Crippen molar-refractivity contribution in [3.63, 3.8) is 0 Å². The van der Waals surface area contributed by atoms with E-state index < -0.39 is 0 Å². The molecule has 0 atom stereocenters. The Bertz CT molecular complexity index is 538. The number of hydrogen-bond acceptors (Lipinski definition) is 0. The van der Waals surface area contributed by atoms with Crippen LogP contribution < -0.4 is 0 Å². The van der Waals surface area contributed by atoms with Crippen molar-refractivity contribution in [2.45, 2.75) is 20.3 Å². The molecule has 0 heterocycles. The zero-order valence-corrected chi connectivity index (χ0v) is 10.3. The quantitative estimate of drug-likeness (QED) is 0.677. The van der Waals surface area contributed by atoms with Gasteiger partial charge < -0.3 is 0 Å². The number of allylic oxidation sites excluding steroid dienone is 1. The summed E-state index contributed by atoms with van der Waals surface area (Å²) in [6.07, 6.45) is 2.14. The molecule has 0 aliphatic rings. The maximum absolute atomic E-state index is 13.6. The van der Waals surface area contributed by atoms with Crippen LogP contribution in [0.25, 0.3) is 16.8 Å². The Hall–Kier alpha value is -1.63. The van der Waals surface area contributed by atoms with Gasteiger partial charge in [-0.1, -0.05) is 50.2 Å². The number of fused-ring (bicyclic) bond motifs is 1. The van der Waals surface area contributed by atoms with Crippen LogP contribution in [0.2, 0.25) is 0 Å². The molecule has 0 saturated carbocycles. The van der Waals surface area contributed by atoms with Crippen molar-refractivity contribution in [1.82, 2.24) is 0 Å². The third-order valence-electron chi connectivity index (χ3n) is 2.70. The van der Waals surface area contributed by atoms with Gasteiger partial charge in [0.1, 0.15) is 5.83 Å². The van der Waals surface area contributed by atoms with Gasteiger partial charge in [-0.25, -0.2) is 4.39 Å². The summed E-state index contributed by atoms with van der Waals surface area (Å²) in [5.74, 6) is 0.307. The average Bonchev–Trinajstić information content (AvgIpc) is 2.27. The van der Waals surface area contributed by atoms with Crippen molar-refractivity contribution in [3.05, 3.63) is 53.9 Å². The molecule has 0 aliphatic carbocycles. The van der Waals surface area contributed by atoms with Crippen LogP contribution in [0.4, 0.5) is 4.39 Å². The van der Waals surface area contributed by atoms with Gasteiger partial charge in [0.15, 0.2) is 0 Å². The summed E-state index contributed by atoms with van der Waals surface area (Å²) < 4.78 is 13.6. The van der Waals surface area contributed by atoms with E-state index >= 15 is 0 Å². The van der Waals surface area contributed by atoms with Crippen LogP contribution in [-0.2, 0) is 0 Å². The molecule has 0 aliphatic heterocycles. The normalized spacial score (nSPS) is 12.4. The van der Waals surface area contributed by atoms with Gasteiger partial charge in [0.05, 0.1) is 0 Å². The molecule has 0 bridgehead atoms. The van der Waals surface area contributed by atoms with Gasteiger partial charge in [-0.3, -0.25) is 0 Å². The van der Waals surface area contributed by atoms with E-state index in [1.807, 2.05) is 50.2 Å². The molecule has 17 heavy (non-hydrogen) atoms. The molecule has 0 saturated heterocycles. The smallest absolute Gasteiger partial charge is 0.101 e. The molecule has 2 rings (SSSR count). The number of rotatable bonds is 3. The molecule has 0 amide bonds. The molecule has 88 valence electrons. The Morgan fingerprint density at radius 3 is 2.53 bits per heavy atom. The minimum absolute atomic E-state index is 0.0460. The Labute approximate surface area is 102 Å². The van der Waals surface area contributed by atoms with Crippen LogP contribution in [0.15, 0.2) is 48.3 Å². The summed E-state index contributed by atoms with van der Waals surface area (Å²) in [7, 11) is 0. The third-order valence-corrected chi connectivity index (χ3v) is 2.70. The Balaban J connectivity index is 2.30. The largest absolute Gasteiger partial charge is 0.212 e. The fraction of sp³-hybridized carbons (Fsp3) is 0.250. The lowest BCUT2D eigenvalue weighted by molar-refractivity contribution is 0.522. The number of hydrogen-bond donors (Lipinski definition) is 0. The fourth-order valence-electron chi connectivity index (χ4n) is 1.93. The standard InChI is InChI=1S/C16H17F/c1-12(2)9-16(17)11-13-7-8-14-5-3-4-6-15(14)10-13/h3-8,10-12H,9H2,1-2H3. The van der Waals surface area contributed by atoms with Crippen molar-refractivity contribution in [1.29, 1.82) is 0 Å². The molecule has 0 N–H and O–H groups in total. The van der Waals surface area contributed by atoms with Crippen molar-refractivity contribution < 1.29 is 4.39 Å². The average molecular weight is 228 g/mol. The molecule has 0 unspecified atom stereocenters. The zero-order valence-electron chi connectivity index (χ0n) is 10.3. The monoisotopic (exact) mass is 228 g/mol. The van der Waals surface area contributed by atoms with Crippen LogP contribution in [-0.4, -0.2) is 0 Å². The van der Waals surface area contributed by atoms with E-state index in [1.165, 1.54) is 5.39 Å². The van der Waals surface area contributed by atoms with E-state index in [9.17, 15) is 4.39 Å². The van der Waals surface area contributed by atoms with Gasteiger partial charge in [-0.05, 0) is 34.4 Å². The predicted molar refractivity (Wildman–Crippen MR) is 72.5 cm³/mol. The second kappa shape index (κ2) is 5.13. The minimum atomic E-state index is -0.0460. The van der Waals surface area contributed by atoms with Gasteiger partial charge in [0.2, 0.25) is 0 Å². The molecule has 0 aromatic heterocycles. The van der Waals surface area contributed by atoms with E-state index in [1.54, 1.807) is 6.08 Å². The molecular formula is C16H17F. The van der Waals surface area contributed by atoms with E-state index in [0.717, 1.165) is 10.9 Å². The second-order valence-electron chi connectivity index (χ2n) is 4.80. The first-order valence-electron chi connectivity index (χ1n) is 6.00. The van der Waals surface area contributed by atoms with Crippen molar-refractivity contribution in [2.75, 3.05) is 0 Å². The summed E-state index contributed by atoms with van der Waals surface area (Å²) in [6, 6.07) is 14.1. The first-order valence-corrected chi connectivity index (χ1v) is 6.00. The molecule has 0 fully saturated rings. The van der Waals surface area contributed by atoms with E-state index in [4.69, 9.17) is 0 Å². The molecule has 2 aromatic carbocycles.